The molecule has 130 valence electrons. The number of allylic oxidation sites excluding steroid dienone is 1. The molecule has 2 rings (SSSR count). The van der Waals surface area contributed by atoms with Gasteiger partial charge in [0.1, 0.15) is 17.2 Å². The zero-order chi connectivity index (χ0) is 18.6. The van der Waals surface area contributed by atoms with Crippen LogP contribution in [0.2, 0.25) is 0 Å². The van der Waals surface area contributed by atoms with Gasteiger partial charge < -0.3 is 20.4 Å². The Balaban J connectivity index is 2.31. The van der Waals surface area contributed by atoms with Crippen LogP contribution < -0.4 is 0 Å². The number of ketones is 1. The Hall–Kier alpha value is -3.05. The molecule has 4 N–H and O–H groups in total. The van der Waals surface area contributed by atoms with Crippen LogP contribution in [0.3, 0.4) is 0 Å². The third-order valence-corrected chi connectivity index (χ3v) is 3.65. The number of phenols is 3. The van der Waals surface area contributed by atoms with E-state index in [4.69, 9.17) is 0 Å². The minimum atomic E-state index is -1.16. The monoisotopic (exact) mass is 340 g/mol. The molecule has 0 saturated heterocycles. The molecule has 0 aliphatic rings. The first-order valence-corrected chi connectivity index (χ1v) is 7.68. The summed E-state index contributed by atoms with van der Waals surface area (Å²) < 4.78 is 0. The molecule has 0 radical (unpaired) electrons. The van der Waals surface area contributed by atoms with Crippen molar-refractivity contribution >= 4 is 11.9 Å². The molecule has 1 atom stereocenters. The summed E-state index contributed by atoms with van der Waals surface area (Å²) in [5.74, 6) is -1.09. The Morgan fingerprint density at radius 1 is 1.12 bits per heavy atom. The summed E-state index contributed by atoms with van der Waals surface area (Å²) in [5.41, 5.74) is 1.26. The van der Waals surface area contributed by atoms with Gasteiger partial charge in [0.15, 0.2) is 5.78 Å². The van der Waals surface area contributed by atoms with E-state index in [1.165, 1.54) is 36.4 Å². The van der Waals surface area contributed by atoms with Crippen LogP contribution in [0.5, 0.6) is 17.2 Å². The molecule has 0 aliphatic heterocycles. The lowest BCUT2D eigenvalue weighted by Gasteiger charge is -2.16. The van der Waals surface area contributed by atoms with Crippen molar-refractivity contribution in [3.05, 3.63) is 71.3 Å². The lowest BCUT2D eigenvalue weighted by atomic mass is 9.96. The molecule has 5 heteroatoms. The maximum atomic E-state index is 12.3. The summed E-state index contributed by atoms with van der Waals surface area (Å²) in [5, 5.41) is 39.6. The quantitative estimate of drug-likeness (QED) is 0.365. The molecule has 0 spiro atoms. The standard InChI is InChI=1S/C20H20O5/c1-12(2)11-18(24)19-17(23)10-8-15(20(19)25)16(22)9-5-13-3-6-14(21)7-4-13/h3-10,18,21,23-25H,1,11H2,2H3/t18-/m0/s1. The maximum Gasteiger partial charge on any atom is 0.189 e. The fourth-order valence-corrected chi connectivity index (χ4v) is 2.40. The second kappa shape index (κ2) is 7.68. The Morgan fingerprint density at radius 3 is 2.36 bits per heavy atom. The van der Waals surface area contributed by atoms with E-state index in [1.807, 2.05) is 0 Å². The van der Waals surface area contributed by atoms with E-state index >= 15 is 0 Å². The summed E-state index contributed by atoms with van der Waals surface area (Å²) in [6.07, 6.45) is 1.81. The molecule has 0 heterocycles. The first-order valence-electron chi connectivity index (χ1n) is 7.68. The number of aliphatic hydroxyl groups is 1. The summed E-state index contributed by atoms with van der Waals surface area (Å²) in [4.78, 5) is 12.3. The average Bonchev–Trinajstić information content (AvgIpc) is 2.53. The Morgan fingerprint density at radius 2 is 1.76 bits per heavy atom. The van der Waals surface area contributed by atoms with Gasteiger partial charge in [-0.1, -0.05) is 23.8 Å². The fourth-order valence-electron chi connectivity index (χ4n) is 2.40. The van der Waals surface area contributed by atoms with Crippen LogP contribution in [-0.4, -0.2) is 26.2 Å². The number of phenolic OH excluding ortho intramolecular Hbond substituents is 3. The maximum absolute atomic E-state index is 12.3. The second-order valence-corrected chi connectivity index (χ2v) is 5.86. The number of aromatic hydroxyl groups is 3. The van der Waals surface area contributed by atoms with Crippen LogP contribution in [0.25, 0.3) is 6.08 Å². The summed E-state index contributed by atoms with van der Waals surface area (Å²) >= 11 is 0. The van der Waals surface area contributed by atoms with Crippen molar-refractivity contribution in [2.75, 3.05) is 0 Å². The zero-order valence-corrected chi connectivity index (χ0v) is 13.8. The fraction of sp³-hybridized carbons (Fsp3) is 0.150. The molecular formula is C20H20O5. The number of aliphatic hydroxyl groups excluding tert-OH is 1. The van der Waals surface area contributed by atoms with E-state index < -0.39 is 17.6 Å². The second-order valence-electron chi connectivity index (χ2n) is 5.86. The number of carbonyl (C=O) groups excluding carboxylic acids is 1. The predicted octanol–water partition coefficient (Wildman–Crippen LogP) is 3.70. The van der Waals surface area contributed by atoms with Crippen molar-refractivity contribution in [2.24, 2.45) is 0 Å². The van der Waals surface area contributed by atoms with Crippen molar-refractivity contribution in [3.8, 4) is 17.2 Å². The van der Waals surface area contributed by atoms with Crippen LogP contribution >= 0.6 is 0 Å². The molecule has 0 bridgehead atoms. The van der Waals surface area contributed by atoms with E-state index in [-0.39, 0.29) is 29.0 Å². The number of carbonyl (C=O) groups is 1. The van der Waals surface area contributed by atoms with Gasteiger partial charge in [0.2, 0.25) is 0 Å². The van der Waals surface area contributed by atoms with Crippen molar-refractivity contribution in [1.82, 2.24) is 0 Å². The third-order valence-electron chi connectivity index (χ3n) is 3.65. The van der Waals surface area contributed by atoms with E-state index in [2.05, 4.69) is 6.58 Å². The van der Waals surface area contributed by atoms with Crippen LogP contribution in [0.4, 0.5) is 0 Å². The Bertz CT molecular complexity index is 819. The summed E-state index contributed by atoms with van der Waals surface area (Å²) in [6.45, 7) is 5.40. The first-order chi connectivity index (χ1) is 11.8. The topological polar surface area (TPSA) is 98.0 Å². The molecule has 25 heavy (non-hydrogen) atoms. The average molecular weight is 340 g/mol. The van der Waals surface area contributed by atoms with Gasteiger partial charge in [-0.2, -0.15) is 0 Å². The van der Waals surface area contributed by atoms with Crippen molar-refractivity contribution < 1.29 is 25.2 Å². The van der Waals surface area contributed by atoms with E-state index in [0.717, 1.165) is 0 Å². The molecule has 2 aromatic carbocycles. The highest BCUT2D eigenvalue weighted by Crippen LogP contribution is 2.38. The minimum absolute atomic E-state index is 0.0245. The van der Waals surface area contributed by atoms with E-state index in [0.29, 0.717) is 11.1 Å². The molecule has 0 amide bonds. The van der Waals surface area contributed by atoms with Gasteiger partial charge >= 0.3 is 0 Å². The third kappa shape index (κ3) is 4.49. The van der Waals surface area contributed by atoms with Crippen LogP contribution in [0.1, 0.15) is 40.9 Å². The molecule has 0 aromatic heterocycles. The zero-order valence-electron chi connectivity index (χ0n) is 13.8. The smallest absolute Gasteiger partial charge is 0.189 e. The Labute approximate surface area is 145 Å². The minimum Gasteiger partial charge on any atom is -0.508 e. The van der Waals surface area contributed by atoms with Gasteiger partial charge in [-0.05, 0) is 49.2 Å². The number of hydrogen-bond donors (Lipinski definition) is 4. The highest BCUT2D eigenvalue weighted by molar-refractivity contribution is 6.09. The van der Waals surface area contributed by atoms with Gasteiger partial charge in [0, 0.05) is 0 Å². The molecule has 0 saturated carbocycles. The number of benzene rings is 2. The highest BCUT2D eigenvalue weighted by atomic mass is 16.3. The molecule has 0 aliphatic carbocycles. The van der Waals surface area contributed by atoms with Crippen LogP contribution in [0, 0.1) is 0 Å². The molecular weight excluding hydrogens is 320 g/mol. The normalized spacial score (nSPS) is 12.2. The van der Waals surface area contributed by atoms with Gasteiger partial charge in [0.05, 0.1) is 17.2 Å². The molecule has 2 aromatic rings. The molecule has 0 unspecified atom stereocenters. The molecule has 5 nitrogen and oxygen atoms in total. The van der Waals surface area contributed by atoms with Gasteiger partial charge in [-0.15, -0.1) is 6.58 Å². The first kappa shape index (κ1) is 18.3. The highest BCUT2D eigenvalue weighted by Gasteiger charge is 2.22. The number of hydrogen-bond acceptors (Lipinski definition) is 5. The SMILES string of the molecule is C=C(C)C[C@H](O)c1c(O)ccc(C(=O)C=Cc2ccc(O)cc2)c1O. The number of rotatable bonds is 6. The lowest BCUT2D eigenvalue weighted by Crippen LogP contribution is -2.03. The van der Waals surface area contributed by atoms with Crippen molar-refractivity contribution in [2.45, 2.75) is 19.4 Å². The summed E-state index contributed by atoms with van der Waals surface area (Å²) in [7, 11) is 0. The summed E-state index contributed by atoms with van der Waals surface area (Å²) in [6, 6.07) is 8.82. The molecule has 0 fully saturated rings. The van der Waals surface area contributed by atoms with E-state index in [9.17, 15) is 25.2 Å². The largest absolute Gasteiger partial charge is 0.508 e. The van der Waals surface area contributed by atoms with Crippen LogP contribution in [-0.2, 0) is 0 Å². The predicted molar refractivity (Wildman–Crippen MR) is 95.6 cm³/mol. The van der Waals surface area contributed by atoms with Gasteiger partial charge in [-0.25, -0.2) is 0 Å². The van der Waals surface area contributed by atoms with E-state index in [1.54, 1.807) is 19.1 Å². The van der Waals surface area contributed by atoms with Crippen molar-refractivity contribution in [3.63, 3.8) is 0 Å². The van der Waals surface area contributed by atoms with Gasteiger partial charge in [0.25, 0.3) is 0 Å². The van der Waals surface area contributed by atoms with Gasteiger partial charge in [-0.3, -0.25) is 4.79 Å². The van der Waals surface area contributed by atoms with Crippen LogP contribution in [0.15, 0.2) is 54.6 Å². The lowest BCUT2D eigenvalue weighted by molar-refractivity contribution is 0.104. The Kier molecular flexibility index (Phi) is 5.62. The van der Waals surface area contributed by atoms with Crippen molar-refractivity contribution in [1.29, 1.82) is 0 Å².